The third-order valence-electron chi connectivity index (χ3n) is 13.6. The first kappa shape index (κ1) is 35.2. The van der Waals surface area contributed by atoms with Crippen LogP contribution in [0.15, 0.2) is 227 Å². The second-order valence-corrected chi connectivity index (χ2v) is 17.0. The summed E-state index contributed by atoms with van der Waals surface area (Å²) in [5.41, 5.74) is 13.0. The van der Waals surface area contributed by atoms with E-state index in [0.29, 0.717) is 0 Å². The standard InChI is InChI=1S/C62H36O2/c1-2-17-38(18-3-1)56-41-20-6-10-24-45(41)58(46-25-11-7-21-42(46)56)49-28-15-31-54-61(49)51-30-14-29-50(62(51)64-54)59-47-26-12-8-22-43(47)57(44-23-9-13-27-48(44)59)39-33-34-53-52(36-39)60-40-19-5-4-16-37(40)32-35-55(60)63-53/h1-36H. The zero-order valence-corrected chi connectivity index (χ0v) is 34.6. The maximum absolute atomic E-state index is 7.13. The second-order valence-electron chi connectivity index (χ2n) is 17.0. The Balaban J connectivity index is 1.03. The van der Waals surface area contributed by atoms with Crippen molar-refractivity contribution in [2.45, 2.75) is 0 Å². The predicted molar refractivity (Wildman–Crippen MR) is 270 cm³/mol. The van der Waals surface area contributed by atoms with Crippen molar-refractivity contribution >= 4 is 97.7 Å². The minimum absolute atomic E-state index is 0.874. The van der Waals surface area contributed by atoms with Crippen LogP contribution in [0.25, 0.3) is 142 Å². The monoisotopic (exact) mass is 812 g/mol. The first-order valence-corrected chi connectivity index (χ1v) is 22.0. The molecule has 0 saturated heterocycles. The molecule has 0 aliphatic heterocycles. The van der Waals surface area contributed by atoms with Gasteiger partial charge in [-0.05, 0) is 112 Å². The first-order chi connectivity index (χ1) is 31.8. The molecule has 0 bridgehead atoms. The van der Waals surface area contributed by atoms with Gasteiger partial charge in [-0.15, -0.1) is 0 Å². The molecule has 0 spiro atoms. The molecule has 0 unspecified atom stereocenters. The summed E-state index contributed by atoms with van der Waals surface area (Å²) in [6.45, 7) is 0. The molecule has 2 aromatic heterocycles. The van der Waals surface area contributed by atoms with Gasteiger partial charge < -0.3 is 8.83 Å². The molecule has 14 rings (SSSR count). The molecular weight excluding hydrogens is 777 g/mol. The van der Waals surface area contributed by atoms with E-state index in [-0.39, 0.29) is 0 Å². The van der Waals surface area contributed by atoms with Gasteiger partial charge in [0.2, 0.25) is 0 Å². The van der Waals surface area contributed by atoms with Crippen LogP contribution in [-0.4, -0.2) is 0 Å². The molecule has 296 valence electrons. The van der Waals surface area contributed by atoms with Crippen LogP contribution in [0.1, 0.15) is 0 Å². The highest BCUT2D eigenvalue weighted by Gasteiger charge is 2.24. The van der Waals surface area contributed by atoms with E-state index < -0.39 is 0 Å². The van der Waals surface area contributed by atoms with E-state index >= 15 is 0 Å². The van der Waals surface area contributed by atoms with Gasteiger partial charge in [0.15, 0.2) is 0 Å². The highest BCUT2D eigenvalue weighted by Crippen LogP contribution is 2.50. The van der Waals surface area contributed by atoms with Crippen molar-refractivity contribution < 1.29 is 8.83 Å². The lowest BCUT2D eigenvalue weighted by Gasteiger charge is -2.18. The number of benzene rings is 12. The van der Waals surface area contributed by atoms with Crippen molar-refractivity contribution in [2.75, 3.05) is 0 Å². The van der Waals surface area contributed by atoms with Crippen LogP contribution in [0.2, 0.25) is 0 Å². The molecule has 0 aliphatic rings. The molecule has 2 heterocycles. The van der Waals surface area contributed by atoms with Gasteiger partial charge in [0.05, 0.1) is 0 Å². The quantitative estimate of drug-likeness (QED) is 0.166. The molecule has 0 saturated carbocycles. The zero-order chi connectivity index (χ0) is 41.9. The second kappa shape index (κ2) is 13.5. The highest BCUT2D eigenvalue weighted by atomic mass is 16.3. The molecule has 2 heteroatoms. The maximum Gasteiger partial charge on any atom is 0.143 e. The predicted octanol–water partition coefficient (Wildman–Crippen LogP) is 17.9. The molecule has 0 aliphatic carbocycles. The maximum atomic E-state index is 7.13. The van der Waals surface area contributed by atoms with Gasteiger partial charge in [0.1, 0.15) is 22.3 Å². The van der Waals surface area contributed by atoms with Gasteiger partial charge in [-0.1, -0.05) is 194 Å². The highest BCUT2D eigenvalue weighted by molar-refractivity contribution is 6.29. The summed E-state index contributed by atoms with van der Waals surface area (Å²) in [6, 6.07) is 79.1. The van der Waals surface area contributed by atoms with E-state index in [1.54, 1.807) is 0 Å². The van der Waals surface area contributed by atoms with Crippen molar-refractivity contribution in [2.24, 2.45) is 0 Å². The van der Waals surface area contributed by atoms with Crippen LogP contribution in [0.4, 0.5) is 0 Å². The Morgan fingerprint density at radius 2 is 0.703 bits per heavy atom. The van der Waals surface area contributed by atoms with Crippen LogP contribution in [0, 0.1) is 0 Å². The van der Waals surface area contributed by atoms with Crippen LogP contribution in [-0.2, 0) is 0 Å². The van der Waals surface area contributed by atoms with Gasteiger partial charge in [0, 0.05) is 32.7 Å². The van der Waals surface area contributed by atoms with E-state index in [9.17, 15) is 0 Å². The summed E-state index contributed by atoms with van der Waals surface area (Å²) in [6.07, 6.45) is 0. The van der Waals surface area contributed by atoms with Gasteiger partial charge in [0.25, 0.3) is 0 Å². The summed E-state index contributed by atoms with van der Waals surface area (Å²) in [5.74, 6) is 0. The molecule has 0 atom stereocenters. The van der Waals surface area contributed by atoms with E-state index in [1.165, 1.54) is 87.2 Å². The molecule has 2 nitrogen and oxygen atoms in total. The number of hydrogen-bond acceptors (Lipinski definition) is 2. The fourth-order valence-corrected chi connectivity index (χ4v) is 11.0. The molecule has 12 aromatic carbocycles. The lowest BCUT2D eigenvalue weighted by atomic mass is 9.84. The van der Waals surface area contributed by atoms with Crippen molar-refractivity contribution in [1.29, 1.82) is 0 Å². The normalized spacial score (nSPS) is 12.1. The third-order valence-corrected chi connectivity index (χ3v) is 13.6. The largest absolute Gasteiger partial charge is 0.456 e. The molecule has 0 fully saturated rings. The Hall–Kier alpha value is -8.46. The average molecular weight is 813 g/mol. The van der Waals surface area contributed by atoms with Crippen molar-refractivity contribution in [1.82, 2.24) is 0 Å². The van der Waals surface area contributed by atoms with Crippen LogP contribution in [0.3, 0.4) is 0 Å². The number of para-hydroxylation sites is 1. The van der Waals surface area contributed by atoms with E-state index in [4.69, 9.17) is 8.83 Å². The lowest BCUT2D eigenvalue weighted by molar-refractivity contribution is 0.669. The van der Waals surface area contributed by atoms with Gasteiger partial charge in [-0.3, -0.25) is 0 Å². The fourth-order valence-electron chi connectivity index (χ4n) is 11.0. The summed E-state index contributed by atoms with van der Waals surface area (Å²) in [4.78, 5) is 0. The van der Waals surface area contributed by atoms with Crippen LogP contribution < -0.4 is 0 Å². The van der Waals surface area contributed by atoms with Crippen molar-refractivity contribution in [3.63, 3.8) is 0 Å². The number of fused-ring (bicyclic) bond motifs is 12. The summed E-state index contributed by atoms with van der Waals surface area (Å²) in [5, 5.41) is 16.6. The van der Waals surface area contributed by atoms with Crippen molar-refractivity contribution in [3.8, 4) is 44.5 Å². The minimum atomic E-state index is 0.874. The topological polar surface area (TPSA) is 26.3 Å². The van der Waals surface area contributed by atoms with E-state index in [1.807, 2.05) is 0 Å². The van der Waals surface area contributed by atoms with Crippen molar-refractivity contribution in [3.05, 3.63) is 218 Å². The Morgan fingerprint density at radius 1 is 0.234 bits per heavy atom. The SMILES string of the molecule is c1ccc(-c2c3ccccc3c(-c3cccc4oc5c(-c6c7ccccc7c(-c7ccc8oc9ccc%10ccccc%10c9c8c7)c7ccccc67)cccc5c34)c3ccccc23)cc1. The summed E-state index contributed by atoms with van der Waals surface area (Å²) >= 11 is 0. The van der Waals surface area contributed by atoms with Crippen LogP contribution >= 0.6 is 0 Å². The van der Waals surface area contributed by atoms with Crippen LogP contribution in [0.5, 0.6) is 0 Å². The molecular formula is C62H36O2. The number of furan rings is 2. The Labute approximate surface area is 367 Å². The number of hydrogen-bond donors (Lipinski definition) is 0. The Bertz CT molecular complexity index is 4130. The van der Waals surface area contributed by atoms with Gasteiger partial charge in [-0.25, -0.2) is 0 Å². The van der Waals surface area contributed by atoms with E-state index in [2.05, 4.69) is 218 Å². The molecule has 0 N–H and O–H groups in total. The lowest BCUT2D eigenvalue weighted by Crippen LogP contribution is -1.91. The first-order valence-electron chi connectivity index (χ1n) is 22.0. The third kappa shape index (κ3) is 4.96. The molecule has 0 radical (unpaired) electrons. The van der Waals surface area contributed by atoms with Gasteiger partial charge in [-0.2, -0.15) is 0 Å². The molecule has 64 heavy (non-hydrogen) atoms. The fraction of sp³-hybridized carbons (Fsp3) is 0. The number of rotatable bonds is 4. The molecule has 0 amide bonds. The Morgan fingerprint density at radius 3 is 1.34 bits per heavy atom. The van der Waals surface area contributed by atoms with E-state index in [0.717, 1.165) is 55.0 Å². The average Bonchev–Trinajstić information content (AvgIpc) is 3.94. The Kier molecular flexibility index (Phi) is 7.43. The molecule has 14 aromatic rings. The smallest absolute Gasteiger partial charge is 0.143 e. The van der Waals surface area contributed by atoms with Gasteiger partial charge >= 0.3 is 0 Å². The summed E-state index contributed by atoms with van der Waals surface area (Å²) < 4.78 is 13.6. The zero-order valence-electron chi connectivity index (χ0n) is 34.6. The minimum Gasteiger partial charge on any atom is -0.456 e. The summed E-state index contributed by atoms with van der Waals surface area (Å²) in [7, 11) is 0.